The van der Waals surface area contributed by atoms with Crippen LogP contribution in [0.4, 0.5) is 5.69 Å². The van der Waals surface area contributed by atoms with Gasteiger partial charge < -0.3 is 10.3 Å². The molecule has 0 aliphatic carbocycles. The van der Waals surface area contributed by atoms with Crippen LogP contribution >= 0.6 is 15.9 Å². The van der Waals surface area contributed by atoms with Crippen molar-refractivity contribution in [1.29, 1.82) is 0 Å². The van der Waals surface area contributed by atoms with Crippen LogP contribution in [0.3, 0.4) is 0 Å². The van der Waals surface area contributed by atoms with Crippen molar-refractivity contribution in [2.75, 3.05) is 5.32 Å². The van der Waals surface area contributed by atoms with E-state index in [0.29, 0.717) is 11.4 Å². The molecule has 0 radical (unpaired) electrons. The fourth-order valence-corrected chi connectivity index (χ4v) is 2.69. The smallest absolute Gasteiger partial charge is 0.261 e. The Hall–Kier alpha value is -2.66. The van der Waals surface area contributed by atoms with Gasteiger partial charge in [0, 0.05) is 10.2 Å². The Kier molecular flexibility index (Phi) is 4.62. The molecule has 0 unspecified atom stereocenters. The third-order valence-corrected chi connectivity index (χ3v) is 4.33. The van der Waals surface area contributed by atoms with E-state index in [9.17, 15) is 9.59 Å². The number of aromatic amines is 1. The molecular formula is C19H15BrN2O2. The number of benzene rings is 2. The van der Waals surface area contributed by atoms with E-state index in [1.54, 1.807) is 18.2 Å². The average Bonchev–Trinajstić information content (AvgIpc) is 2.57. The minimum Gasteiger partial charge on any atom is -0.321 e. The first-order chi connectivity index (χ1) is 11.5. The number of amides is 1. The normalized spacial score (nSPS) is 10.4. The maximum Gasteiger partial charge on any atom is 0.261 e. The van der Waals surface area contributed by atoms with Gasteiger partial charge in [0.15, 0.2) is 0 Å². The number of nitrogens with one attached hydrogen (secondary N) is 2. The minimum atomic E-state index is -0.446. The van der Waals surface area contributed by atoms with Crippen LogP contribution in [0.1, 0.15) is 15.9 Å². The van der Waals surface area contributed by atoms with Crippen LogP contribution < -0.4 is 10.9 Å². The van der Waals surface area contributed by atoms with Gasteiger partial charge >= 0.3 is 0 Å². The van der Waals surface area contributed by atoms with Crippen LogP contribution in [0.5, 0.6) is 0 Å². The zero-order valence-corrected chi connectivity index (χ0v) is 14.6. The second-order valence-electron chi connectivity index (χ2n) is 5.41. The van der Waals surface area contributed by atoms with Crippen molar-refractivity contribution in [1.82, 2.24) is 4.98 Å². The first kappa shape index (κ1) is 16.2. The molecule has 0 saturated carbocycles. The predicted octanol–water partition coefficient (Wildman–Crippen LogP) is 4.37. The third-order valence-electron chi connectivity index (χ3n) is 3.64. The Morgan fingerprint density at radius 3 is 2.38 bits per heavy atom. The molecule has 1 heterocycles. The molecule has 0 fully saturated rings. The van der Waals surface area contributed by atoms with E-state index in [0.717, 1.165) is 15.6 Å². The number of hydrogen-bond acceptors (Lipinski definition) is 2. The molecule has 0 aliphatic rings. The van der Waals surface area contributed by atoms with Gasteiger partial charge in [0.1, 0.15) is 5.56 Å². The number of aryl methyl sites for hydroxylation is 1. The summed E-state index contributed by atoms with van der Waals surface area (Å²) in [5, 5.41) is 2.73. The molecule has 0 aliphatic heterocycles. The molecule has 4 nitrogen and oxygen atoms in total. The largest absolute Gasteiger partial charge is 0.321 e. The van der Waals surface area contributed by atoms with Crippen LogP contribution in [0, 0.1) is 6.92 Å². The summed E-state index contributed by atoms with van der Waals surface area (Å²) in [7, 11) is 0. The van der Waals surface area contributed by atoms with Crippen molar-refractivity contribution in [3.8, 4) is 11.3 Å². The molecule has 1 amide bonds. The van der Waals surface area contributed by atoms with Gasteiger partial charge in [-0.1, -0.05) is 42.0 Å². The minimum absolute atomic E-state index is 0.0709. The van der Waals surface area contributed by atoms with Gasteiger partial charge in [-0.15, -0.1) is 0 Å². The SMILES string of the molecule is Cc1ccc(-c2ccc(C(=O)Nc3ccccc3Br)c(=O)[nH]2)cc1. The van der Waals surface area contributed by atoms with E-state index >= 15 is 0 Å². The second-order valence-corrected chi connectivity index (χ2v) is 6.27. The summed E-state index contributed by atoms with van der Waals surface area (Å²) in [6, 6.07) is 18.3. The molecule has 1 aromatic heterocycles. The molecule has 0 spiro atoms. The Morgan fingerprint density at radius 1 is 1.00 bits per heavy atom. The lowest BCUT2D eigenvalue weighted by Gasteiger charge is -2.08. The van der Waals surface area contributed by atoms with E-state index in [2.05, 4.69) is 26.2 Å². The van der Waals surface area contributed by atoms with Crippen LogP contribution in [0.2, 0.25) is 0 Å². The Labute approximate surface area is 147 Å². The number of pyridine rings is 1. The summed E-state index contributed by atoms with van der Waals surface area (Å²) in [4.78, 5) is 27.4. The number of aromatic nitrogens is 1. The lowest BCUT2D eigenvalue weighted by molar-refractivity contribution is 0.102. The van der Waals surface area contributed by atoms with Crippen molar-refractivity contribution in [2.24, 2.45) is 0 Å². The maximum atomic E-state index is 12.3. The Bertz CT molecular complexity index is 946. The first-order valence-corrected chi connectivity index (χ1v) is 8.20. The lowest BCUT2D eigenvalue weighted by Crippen LogP contribution is -2.23. The summed E-state index contributed by atoms with van der Waals surface area (Å²) >= 11 is 3.36. The van der Waals surface area contributed by atoms with Crippen LogP contribution in [-0.2, 0) is 0 Å². The first-order valence-electron chi connectivity index (χ1n) is 7.41. The number of carbonyl (C=O) groups excluding carboxylic acids is 1. The topological polar surface area (TPSA) is 62.0 Å². The molecule has 3 rings (SSSR count). The zero-order chi connectivity index (χ0) is 17.1. The van der Waals surface area contributed by atoms with Gasteiger partial charge in [0.25, 0.3) is 11.5 Å². The highest BCUT2D eigenvalue weighted by Crippen LogP contribution is 2.22. The van der Waals surface area contributed by atoms with Crippen molar-refractivity contribution >= 4 is 27.5 Å². The van der Waals surface area contributed by atoms with Crippen molar-refractivity contribution < 1.29 is 4.79 Å². The van der Waals surface area contributed by atoms with Gasteiger partial charge in [-0.25, -0.2) is 0 Å². The quantitative estimate of drug-likeness (QED) is 0.706. The van der Waals surface area contributed by atoms with Crippen molar-refractivity contribution in [2.45, 2.75) is 6.92 Å². The molecular weight excluding hydrogens is 368 g/mol. The lowest BCUT2D eigenvalue weighted by atomic mass is 10.1. The van der Waals surface area contributed by atoms with Gasteiger partial charge in [-0.2, -0.15) is 0 Å². The number of halogens is 1. The van der Waals surface area contributed by atoms with E-state index in [1.807, 2.05) is 49.4 Å². The summed E-state index contributed by atoms with van der Waals surface area (Å²) in [6.45, 7) is 2.00. The fraction of sp³-hybridized carbons (Fsp3) is 0.0526. The van der Waals surface area contributed by atoms with E-state index < -0.39 is 11.5 Å². The number of anilines is 1. The highest BCUT2D eigenvalue weighted by molar-refractivity contribution is 9.10. The van der Waals surface area contributed by atoms with Crippen LogP contribution in [-0.4, -0.2) is 10.9 Å². The summed E-state index contributed by atoms with van der Waals surface area (Å²) < 4.78 is 0.756. The summed E-state index contributed by atoms with van der Waals surface area (Å²) in [5.74, 6) is -0.446. The molecule has 2 aromatic carbocycles. The standard InChI is InChI=1S/C19H15BrN2O2/c1-12-6-8-13(9-7-12)16-11-10-14(18(23)21-16)19(24)22-17-5-3-2-4-15(17)20/h2-11H,1H3,(H,21,23)(H,22,24). The van der Waals surface area contributed by atoms with Gasteiger partial charge in [0.05, 0.1) is 5.69 Å². The van der Waals surface area contributed by atoms with Crippen molar-refractivity contribution in [3.63, 3.8) is 0 Å². The number of rotatable bonds is 3. The average molecular weight is 383 g/mol. The number of para-hydroxylation sites is 1. The predicted molar refractivity (Wildman–Crippen MR) is 99.3 cm³/mol. The van der Waals surface area contributed by atoms with Gasteiger partial charge in [0.2, 0.25) is 0 Å². The maximum absolute atomic E-state index is 12.3. The molecule has 120 valence electrons. The summed E-state index contributed by atoms with van der Waals surface area (Å²) in [6.07, 6.45) is 0. The molecule has 0 atom stereocenters. The monoisotopic (exact) mass is 382 g/mol. The van der Waals surface area contributed by atoms with Crippen molar-refractivity contribution in [3.05, 3.63) is 86.6 Å². The van der Waals surface area contributed by atoms with Crippen LogP contribution in [0.15, 0.2) is 69.9 Å². The van der Waals surface area contributed by atoms with Gasteiger partial charge in [-0.3, -0.25) is 9.59 Å². The third kappa shape index (κ3) is 3.46. The zero-order valence-electron chi connectivity index (χ0n) is 13.0. The number of carbonyl (C=O) groups is 1. The molecule has 24 heavy (non-hydrogen) atoms. The van der Waals surface area contributed by atoms with E-state index in [1.165, 1.54) is 0 Å². The highest BCUT2D eigenvalue weighted by Gasteiger charge is 2.13. The Balaban J connectivity index is 1.87. The molecule has 2 N–H and O–H groups in total. The molecule has 0 bridgehead atoms. The highest BCUT2D eigenvalue weighted by atomic mass is 79.9. The van der Waals surface area contributed by atoms with Gasteiger partial charge in [-0.05, 0) is 52.7 Å². The molecule has 5 heteroatoms. The van der Waals surface area contributed by atoms with E-state index in [-0.39, 0.29) is 5.56 Å². The molecule has 0 saturated heterocycles. The van der Waals surface area contributed by atoms with Crippen LogP contribution in [0.25, 0.3) is 11.3 Å². The molecule has 3 aromatic rings. The Morgan fingerprint density at radius 2 is 1.71 bits per heavy atom. The second kappa shape index (κ2) is 6.84. The van der Waals surface area contributed by atoms with E-state index in [4.69, 9.17) is 0 Å². The number of hydrogen-bond donors (Lipinski definition) is 2. The number of H-pyrrole nitrogens is 1. The summed E-state index contributed by atoms with van der Waals surface area (Å²) in [5.41, 5.74) is 2.99. The fourth-order valence-electron chi connectivity index (χ4n) is 2.31.